The molecule has 0 aliphatic heterocycles. The molecule has 6 nitrogen and oxygen atoms in total. The van der Waals surface area contributed by atoms with Gasteiger partial charge in [0.15, 0.2) is 6.10 Å². The normalized spacial score (nSPS) is 12.0. The van der Waals surface area contributed by atoms with Crippen molar-refractivity contribution in [2.75, 3.05) is 13.2 Å². The van der Waals surface area contributed by atoms with E-state index in [0.717, 1.165) is 57.8 Å². The number of ether oxygens (including phenoxy) is 3. The highest BCUT2D eigenvalue weighted by molar-refractivity contribution is 5.71. The second-order valence-electron chi connectivity index (χ2n) is 22.0. The van der Waals surface area contributed by atoms with Crippen LogP contribution in [-0.4, -0.2) is 37.2 Å². The van der Waals surface area contributed by atoms with Crippen LogP contribution in [-0.2, 0) is 28.6 Å². The van der Waals surface area contributed by atoms with Crippen molar-refractivity contribution in [2.24, 2.45) is 0 Å². The van der Waals surface area contributed by atoms with Crippen molar-refractivity contribution in [2.45, 2.75) is 374 Å². The van der Waals surface area contributed by atoms with Gasteiger partial charge >= 0.3 is 17.9 Å². The van der Waals surface area contributed by atoms with Crippen LogP contribution in [0.5, 0.6) is 0 Å². The van der Waals surface area contributed by atoms with Crippen molar-refractivity contribution < 1.29 is 28.6 Å². The Morgan fingerprint density at radius 3 is 0.704 bits per heavy atom. The van der Waals surface area contributed by atoms with Crippen LogP contribution < -0.4 is 0 Å². The molecular weight excluding hydrogens is 877 g/mol. The molecule has 1 unspecified atom stereocenters. The van der Waals surface area contributed by atoms with Crippen LogP contribution in [0.4, 0.5) is 0 Å². The van der Waals surface area contributed by atoms with E-state index in [1.807, 2.05) is 0 Å². The summed E-state index contributed by atoms with van der Waals surface area (Å²) in [6.07, 6.45) is 71.1. The minimum atomic E-state index is -0.766. The summed E-state index contributed by atoms with van der Waals surface area (Å²) in [6.45, 7) is 6.67. The Bertz CT molecular complexity index is 1100. The van der Waals surface area contributed by atoms with Crippen LogP contribution in [0.3, 0.4) is 0 Å². The zero-order valence-corrected chi connectivity index (χ0v) is 48.3. The average Bonchev–Trinajstić information content (AvgIpc) is 3.37. The average molecular weight is 1000 g/mol. The van der Waals surface area contributed by atoms with E-state index < -0.39 is 6.10 Å². The molecule has 0 heterocycles. The highest BCUT2D eigenvalue weighted by atomic mass is 16.6. The number of allylic oxidation sites excluding steroid dienone is 2. The largest absolute Gasteiger partial charge is 0.462 e. The van der Waals surface area contributed by atoms with Gasteiger partial charge in [0.1, 0.15) is 13.2 Å². The molecule has 1 atom stereocenters. The van der Waals surface area contributed by atoms with Crippen LogP contribution in [0.1, 0.15) is 367 Å². The molecule has 0 aromatic heterocycles. The lowest BCUT2D eigenvalue weighted by Gasteiger charge is -2.18. The summed E-state index contributed by atoms with van der Waals surface area (Å²) in [5.41, 5.74) is 0. The van der Waals surface area contributed by atoms with Crippen molar-refractivity contribution in [3.8, 4) is 0 Å². The molecule has 0 aliphatic rings. The summed E-state index contributed by atoms with van der Waals surface area (Å²) in [6, 6.07) is 0. The van der Waals surface area contributed by atoms with Gasteiger partial charge < -0.3 is 14.2 Å². The first-order valence-electron chi connectivity index (χ1n) is 32.2. The lowest BCUT2D eigenvalue weighted by molar-refractivity contribution is -0.167. The van der Waals surface area contributed by atoms with Gasteiger partial charge in [-0.15, -0.1) is 0 Å². The van der Waals surface area contributed by atoms with E-state index >= 15 is 0 Å². The van der Waals surface area contributed by atoms with Crippen LogP contribution in [0.25, 0.3) is 0 Å². The van der Waals surface area contributed by atoms with Gasteiger partial charge in [-0.25, -0.2) is 0 Å². The standard InChI is InChI=1S/C65H124O6/c1-4-7-10-13-16-19-21-23-25-27-29-30-31-32-33-34-35-36-37-39-40-42-44-46-49-52-55-58-64(67)70-61-62(60-69-63(66)57-54-51-48-18-15-12-9-6-3)71-65(68)59-56-53-50-47-45-43-41-38-28-26-24-22-20-17-14-11-8-5-2/h26,28,62H,4-25,27,29-61H2,1-3H3/b28-26-. The lowest BCUT2D eigenvalue weighted by atomic mass is 10.0. The molecule has 0 saturated heterocycles. The maximum atomic E-state index is 12.8. The topological polar surface area (TPSA) is 78.9 Å². The smallest absolute Gasteiger partial charge is 0.306 e. The predicted octanol–water partition coefficient (Wildman–Crippen LogP) is 21.7. The Kier molecular flexibility index (Phi) is 59.1. The fraction of sp³-hybridized carbons (Fsp3) is 0.923. The number of carbonyl (C=O) groups excluding carboxylic acids is 3. The van der Waals surface area contributed by atoms with Gasteiger partial charge in [-0.1, -0.05) is 315 Å². The molecule has 6 heteroatoms. The van der Waals surface area contributed by atoms with Crippen molar-refractivity contribution >= 4 is 17.9 Å². The summed E-state index contributed by atoms with van der Waals surface area (Å²) in [7, 11) is 0. The van der Waals surface area contributed by atoms with E-state index in [-0.39, 0.29) is 31.1 Å². The highest BCUT2D eigenvalue weighted by Crippen LogP contribution is 2.18. The first kappa shape index (κ1) is 69.2. The minimum absolute atomic E-state index is 0.0660. The molecule has 0 aromatic carbocycles. The summed E-state index contributed by atoms with van der Waals surface area (Å²) in [5, 5.41) is 0. The van der Waals surface area contributed by atoms with Crippen LogP contribution in [0.2, 0.25) is 0 Å². The zero-order valence-electron chi connectivity index (χ0n) is 48.3. The van der Waals surface area contributed by atoms with Crippen molar-refractivity contribution in [3.05, 3.63) is 12.2 Å². The van der Waals surface area contributed by atoms with E-state index in [9.17, 15) is 14.4 Å². The SMILES string of the molecule is CCCCCCCCC/C=C\CCCCCCCCCC(=O)OC(COC(=O)CCCCCCCCCC)COC(=O)CCCCCCCCCCCCCCCCCCCCCCCCCCCCC. The predicted molar refractivity (Wildman–Crippen MR) is 307 cm³/mol. The molecule has 0 bridgehead atoms. The second-order valence-corrected chi connectivity index (χ2v) is 22.0. The quantitative estimate of drug-likeness (QED) is 0.0261. The molecule has 0 aromatic rings. The number of unbranched alkanes of at least 4 members (excludes halogenated alkanes) is 47. The third-order valence-corrected chi connectivity index (χ3v) is 14.8. The number of rotatable bonds is 60. The molecular formula is C65H124O6. The molecule has 71 heavy (non-hydrogen) atoms. The highest BCUT2D eigenvalue weighted by Gasteiger charge is 2.19. The van der Waals surface area contributed by atoms with Gasteiger partial charge in [0.25, 0.3) is 0 Å². The van der Waals surface area contributed by atoms with E-state index in [1.54, 1.807) is 0 Å². The molecule has 0 N–H and O–H groups in total. The van der Waals surface area contributed by atoms with E-state index in [2.05, 4.69) is 32.9 Å². The van der Waals surface area contributed by atoms with Gasteiger partial charge in [-0.3, -0.25) is 14.4 Å². The Morgan fingerprint density at radius 1 is 0.268 bits per heavy atom. The zero-order chi connectivity index (χ0) is 51.4. The Balaban J connectivity index is 4.07. The Hall–Kier alpha value is -1.85. The Labute approximate surface area is 443 Å². The summed E-state index contributed by atoms with van der Waals surface area (Å²) in [4.78, 5) is 38.1. The monoisotopic (exact) mass is 1000 g/mol. The van der Waals surface area contributed by atoms with Gasteiger partial charge in [0, 0.05) is 19.3 Å². The molecule has 0 saturated carbocycles. The number of carbonyl (C=O) groups is 3. The Morgan fingerprint density at radius 2 is 0.465 bits per heavy atom. The van der Waals surface area contributed by atoms with Crippen molar-refractivity contribution in [3.63, 3.8) is 0 Å². The molecule has 0 fully saturated rings. The third kappa shape index (κ3) is 58.9. The van der Waals surface area contributed by atoms with Crippen LogP contribution in [0, 0.1) is 0 Å². The molecule has 0 radical (unpaired) electrons. The fourth-order valence-electron chi connectivity index (χ4n) is 9.91. The third-order valence-electron chi connectivity index (χ3n) is 14.8. The summed E-state index contributed by atoms with van der Waals surface area (Å²) in [5.74, 6) is -0.849. The first-order chi connectivity index (χ1) is 35.0. The second kappa shape index (κ2) is 60.7. The van der Waals surface area contributed by atoms with Crippen LogP contribution in [0.15, 0.2) is 12.2 Å². The molecule has 0 spiro atoms. The fourth-order valence-corrected chi connectivity index (χ4v) is 9.91. The number of hydrogen-bond acceptors (Lipinski definition) is 6. The molecule has 420 valence electrons. The van der Waals surface area contributed by atoms with Crippen molar-refractivity contribution in [1.82, 2.24) is 0 Å². The first-order valence-corrected chi connectivity index (χ1v) is 32.2. The maximum Gasteiger partial charge on any atom is 0.306 e. The van der Waals surface area contributed by atoms with E-state index in [4.69, 9.17) is 14.2 Å². The maximum absolute atomic E-state index is 12.8. The van der Waals surface area contributed by atoms with Gasteiger partial charge in [0.05, 0.1) is 0 Å². The van der Waals surface area contributed by atoms with Gasteiger partial charge in [0.2, 0.25) is 0 Å². The molecule has 0 aliphatic carbocycles. The van der Waals surface area contributed by atoms with E-state index in [0.29, 0.717) is 19.3 Å². The van der Waals surface area contributed by atoms with Gasteiger partial charge in [-0.2, -0.15) is 0 Å². The van der Waals surface area contributed by atoms with Gasteiger partial charge in [-0.05, 0) is 44.9 Å². The number of esters is 3. The van der Waals surface area contributed by atoms with Crippen molar-refractivity contribution in [1.29, 1.82) is 0 Å². The summed E-state index contributed by atoms with van der Waals surface area (Å²) < 4.78 is 16.9. The molecule has 0 rings (SSSR count). The van der Waals surface area contributed by atoms with E-state index in [1.165, 1.54) is 270 Å². The minimum Gasteiger partial charge on any atom is -0.462 e. The lowest BCUT2D eigenvalue weighted by Crippen LogP contribution is -2.30. The number of hydrogen-bond donors (Lipinski definition) is 0. The molecule has 0 amide bonds. The van der Waals surface area contributed by atoms with Crippen LogP contribution >= 0.6 is 0 Å². The summed E-state index contributed by atoms with van der Waals surface area (Å²) >= 11 is 0.